The molecule has 2 aliphatic heterocycles. The smallest absolute Gasteiger partial charge is 0.243 e. The van der Waals surface area contributed by atoms with Gasteiger partial charge in [-0.25, -0.2) is 17.2 Å². The van der Waals surface area contributed by atoms with Gasteiger partial charge >= 0.3 is 0 Å². The van der Waals surface area contributed by atoms with Gasteiger partial charge in [-0.3, -0.25) is 9.59 Å². The van der Waals surface area contributed by atoms with Crippen LogP contribution >= 0.6 is 11.6 Å². The molecule has 0 radical (unpaired) electrons. The molecule has 1 aromatic rings. The highest BCUT2D eigenvalue weighted by molar-refractivity contribution is 7.88. The summed E-state index contributed by atoms with van der Waals surface area (Å²) in [6.07, 6.45) is 2.93. The Morgan fingerprint density at radius 2 is 1.97 bits per heavy atom. The first-order valence-corrected chi connectivity index (χ1v) is 13.7. The van der Waals surface area contributed by atoms with E-state index in [9.17, 15) is 26.8 Å². The van der Waals surface area contributed by atoms with Gasteiger partial charge in [0.25, 0.3) is 0 Å². The van der Waals surface area contributed by atoms with Gasteiger partial charge in [0.15, 0.2) is 0 Å². The number of carbonyl (C=O) groups is 2. The fourth-order valence-electron chi connectivity index (χ4n) is 5.07. The number of hydrogen-bond donors (Lipinski definition) is 2. The van der Waals surface area contributed by atoms with Crippen LogP contribution in [0.15, 0.2) is 12.1 Å². The minimum atomic E-state index is -3.48. The van der Waals surface area contributed by atoms with Gasteiger partial charge in [0.1, 0.15) is 29.8 Å². The Morgan fingerprint density at radius 3 is 2.60 bits per heavy atom. The number of carbonyl (C=O) groups excluding carboxylic acids is 2. The quantitative estimate of drug-likeness (QED) is 0.426. The number of piperazine rings is 1. The van der Waals surface area contributed by atoms with Crippen molar-refractivity contribution >= 4 is 33.4 Å². The maximum absolute atomic E-state index is 14.7. The number of likely N-dealkylation sites (tertiary alicyclic amines) is 1. The van der Waals surface area contributed by atoms with Crippen molar-refractivity contribution in [1.82, 2.24) is 19.8 Å². The monoisotopic (exact) mass is 526 g/mol. The minimum absolute atomic E-state index is 0.0237. The molecule has 2 saturated heterocycles. The summed E-state index contributed by atoms with van der Waals surface area (Å²) >= 11 is 5.69. The normalized spacial score (nSPS) is 29.0. The second kappa shape index (κ2) is 9.00. The molecule has 0 aromatic heterocycles. The van der Waals surface area contributed by atoms with E-state index in [2.05, 4.69) is 22.5 Å². The van der Waals surface area contributed by atoms with E-state index in [0.717, 1.165) is 31.2 Å². The minimum Gasteiger partial charge on any atom is -0.347 e. The fraction of sp³-hybridized carbons (Fsp3) is 0.565. The highest BCUT2D eigenvalue weighted by atomic mass is 35.5. The van der Waals surface area contributed by atoms with Crippen LogP contribution in [0, 0.1) is 35.3 Å². The molecule has 12 heteroatoms. The zero-order valence-electron chi connectivity index (χ0n) is 18.9. The molecular formula is C23H25ClF2N4O4S. The molecule has 8 nitrogen and oxygen atoms in total. The van der Waals surface area contributed by atoms with Crippen LogP contribution in [0.3, 0.4) is 0 Å². The van der Waals surface area contributed by atoms with Gasteiger partial charge in [0.05, 0.1) is 23.2 Å². The first kappa shape index (κ1) is 24.4. The molecule has 3 fully saturated rings. The average molecular weight is 527 g/mol. The van der Waals surface area contributed by atoms with E-state index in [0.29, 0.717) is 13.0 Å². The van der Waals surface area contributed by atoms with Crippen molar-refractivity contribution in [3.05, 3.63) is 34.4 Å². The van der Waals surface area contributed by atoms with Crippen LogP contribution in [0.1, 0.15) is 30.9 Å². The summed E-state index contributed by atoms with van der Waals surface area (Å²) in [5.41, 5.74) is 0.0237. The van der Waals surface area contributed by atoms with E-state index in [1.54, 1.807) is 0 Å². The molecule has 2 aliphatic carbocycles. The highest BCUT2D eigenvalue weighted by Crippen LogP contribution is 2.43. The molecule has 35 heavy (non-hydrogen) atoms. The van der Waals surface area contributed by atoms with E-state index < -0.39 is 57.6 Å². The molecule has 0 bridgehead atoms. The lowest BCUT2D eigenvalue weighted by atomic mass is 9.92. The summed E-state index contributed by atoms with van der Waals surface area (Å²) in [5.74, 6) is 3.37. The number of nitrogens with zero attached hydrogens (tertiary/aromatic N) is 2. The van der Waals surface area contributed by atoms with E-state index in [1.165, 1.54) is 9.21 Å². The topological polar surface area (TPSA) is 98.8 Å². The summed E-state index contributed by atoms with van der Waals surface area (Å²) in [6, 6.07) is -0.947. The van der Waals surface area contributed by atoms with E-state index in [1.807, 2.05) is 0 Å². The Balaban J connectivity index is 1.36. The van der Waals surface area contributed by atoms with Crippen molar-refractivity contribution in [3.8, 4) is 11.8 Å². The Bertz CT molecular complexity index is 1250. The molecule has 0 spiro atoms. The van der Waals surface area contributed by atoms with E-state index in [-0.39, 0.29) is 35.5 Å². The molecule has 1 saturated carbocycles. The standard InChI is InChI=1S/C23H25ClF2N4O4S/c1-35(33,34)29-7-6-27-18(11-29)23(32)30-19-5-4-13(19)8-20(30)22(31)28-21(12-2-3-12)14-9-17(26)15(24)10-16(14)25/h9-10,12-13,18-21,27H,2-3,6-8,11H2,1H3,(H,28,31)/t13-,18+,19-,20-,21-/m1/s1. The summed E-state index contributed by atoms with van der Waals surface area (Å²) < 4.78 is 54.0. The molecule has 1 aromatic carbocycles. The Kier molecular flexibility index (Phi) is 6.28. The summed E-state index contributed by atoms with van der Waals surface area (Å²) in [7, 11) is -3.48. The summed E-state index contributed by atoms with van der Waals surface area (Å²) in [4.78, 5) is 28.4. The first-order chi connectivity index (χ1) is 16.5. The lowest BCUT2D eigenvalue weighted by molar-refractivity contribution is -0.142. The predicted molar refractivity (Wildman–Crippen MR) is 123 cm³/mol. The van der Waals surface area contributed by atoms with Gasteiger partial charge in [-0.2, -0.15) is 4.31 Å². The number of benzene rings is 1. The van der Waals surface area contributed by atoms with Gasteiger partial charge in [0.2, 0.25) is 21.8 Å². The molecule has 4 aliphatic rings. The number of fused-ring (bicyclic) bond motifs is 1. The number of rotatable bonds is 6. The molecule has 188 valence electrons. The molecule has 2 N–H and O–H groups in total. The third kappa shape index (κ3) is 4.65. The van der Waals surface area contributed by atoms with Crippen molar-refractivity contribution < 1.29 is 26.8 Å². The average Bonchev–Trinajstić information content (AvgIpc) is 3.59. The van der Waals surface area contributed by atoms with Gasteiger partial charge < -0.3 is 15.5 Å². The third-order valence-corrected chi connectivity index (χ3v) is 8.70. The third-order valence-electron chi connectivity index (χ3n) is 7.14. The Morgan fingerprint density at radius 1 is 1.23 bits per heavy atom. The lowest BCUT2D eigenvalue weighted by Crippen LogP contribution is -2.62. The number of hydrogen-bond acceptors (Lipinski definition) is 5. The van der Waals surface area contributed by atoms with Crippen molar-refractivity contribution in [1.29, 1.82) is 0 Å². The van der Waals surface area contributed by atoms with Gasteiger partial charge in [0, 0.05) is 25.2 Å². The summed E-state index contributed by atoms with van der Waals surface area (Å²) in [6.45, 7) is 0.525. The Labute approximate surface area is 207 Å². The SMILES string of the molecule is CS(=O)(=O)N1CCN[C@H](C(=O)N2[C@@H](C(=O)N[C@@H](c3cc(F)c(Cl)cc3F)C3CC3)C[C@H]3C#C[C@H]32)C1. The van der Waals surface area contributed by atoms with Crippen molar-refractivity contribution in [2.75, 3.05) is 25.9 Å². The van der Waals surface area contributed by atoms with Crippen LogP contribution in [-0.2, 0) is 19.6 Å². The molecular weight excluding hydrogens is 502 g/mol. The van der Waals surface area contributed by atoms with Crippen molar-refractivity contribution in [2.45, 2.75) is 43.4 Å². The van der Waals surface area contributed by atoms with Gasteiger partial charge in [-0.15, -0.1) is 0 Å². The number of sulfonamides is 1. The predicted octanol–water partition coefficient (Wildman–Crippen LogP) is 1.02. The van der Waals surface area contributed by atoms with Crippen LogP contribution < -0.4 is 10.6 Å². The maximum atomic E-state index is 14.7. The highest BCUT2D eigenvalue weighted by Gasteiger charge is 2.51. The van der Waals surface area contributed by atoms with E-state index >= 15 is 0 Å². The second-order valence-electron chi connectivity index (χ2n) is 9.58. The molecule has 2 heterocycles. The van der Waals surface area contributed by atoms with Crippen molar-refractivity contribution in [2.24, 2.45) is 11.8 Å². The van der Waals surface area contributed by atoms with E-state index in [4.69, 9.17) is 11.6 Å². The van der Waals surface area contributed by atoms with Gasteiger partial charge in [-0.05, 0) is 37.3 Å². The van der Waals surface area contributed by atoms with Crippen LogP contribution in [0.2, 0.25) is 5.02 Å². The van der Waals surface area contributed by atoms with Crippen LogP contribution in [0.5, 0.6) is 0 Å². The largest absolute Gasteiger partial charge is 0.347 e. The summed E-state index contributed by atoms with van der Waals surface area (Å²) in [5, 5.41) is 5.56. The van der Waals surface area contributed by atoms with Crippen molar-refractivity contribution in [3.63, 3.8) is 0 Å². The number of nitrogens with one attached hydrogen (secondary N) is 2. The molecule has 2 amide bonds. The van der Waals surface area contributed by atoms with Crippen LogP contribution in [0.25, 0.3) is 0 Å². The van der Waals surface area contributed by atoms with Crippen LogP contribution in [0.4, 0.5) is 8.78 Å². The fourth-order valence-corrected chi connectivity index (χ4v) is 6.07. The lowest BCUT2D eigenvalue weighted by Gasteiger charge is -2.37. The molecule has 5 atom stereocenters. The zero-order chi connectivity index (χ0) is 25.1. The van der Waals surface area contributed by atoms with Gasteiger partial charge in [-0.1, -0.05) is 23.4 Å². The zero-order valence-corrected chi connectivity index (χ0v) is 20.5. The maximum Gasteiger partial charge on any atom is 0.243 e. The number of amides is 2. The second-order valence-corrected chi connectivity index (χ2v) is 12.0. The van der Waals surface area contributed by atoms with Crippen LogP contribution in [-0.4, -0.2) is 73.5 Å². The Hall–Kier alpha value is -2.26. The molecule has 5 rings (SSSR count). The number of halogens is 3. The first-order valence-electron chi connectivity index (χ1n) is 11.5. The molecule has 0 unspecified atom stereocenters.